The topological polar surface area (TPSA) is 89.1 Å². The Labute approximate surface area is 113 Å². The molecule has 3 N–H and O–H groups in total. The number of aromatic nitrogens is 3. The van der Waals surface area contributed by atoms with Crippen LogP contribution in [0.1, 0.15) is 36.7 Å². The van der Waals surface area contributed by atoms with E-state index in [2.05, 4.69) is 22.1 Å². The highest BCUT2D eigenvalue weighted by atomic mass is 16.2. The van der Waals surface area contributed by atoms with Gasteiger partial charge in [-0.1, -0.05) is 12.1 Å². The van der Waals surface area contributed by atoms with E-state index < -0.39 is 5.91 Å². The van der Waals surface area contributed by atoms with Crippen molar-refractivity contribution in [1.29, 1.82) is 0 Å². The van der Waals surface area contributed by atoms with Crippen molar-refractivity contribution in [1.82, 2.24) is 25.3 Å². The average Bonchev–Trinajstić information content (AvgIpc) is 2.79. The van der Waals surface area contributed by atoms with Crippen molar-refractivity contribution in [2.45, 2.75) is 32.7 Å². The van der Waals surface area contributed by atoms with Crippen LogP contribution >= 0.6 is 0 Å². The summed E-state index contributed by atoms with van der Waals surface area (Å²) < 4.78 is 1.69. The molecule has 1 atom stereocenters. The van der Waals surface area contributed by atoms with Gasteiger partial charge in [0.15, 0.2) is 5.69 Å². The molecule has 1 unspecified atom stereocenters. The van der Waals surface area contributed by atoms with Crippen molar-refractivity contribution >= 4 is 5.91 Å². The molecule has 1 aliphatic rings. The van der Waals surface area contributed by atoms with Crippen LogP contribution in [0.25, 0.3) is 0 Å². The third kappa shape index (κ3) is 4.00. The molecule has 2 rings (SSSR count). The van der Waals surface area contributed by atoms with Crippen molar-refractivity contribution in [3.05, 3.63) is 11.9 Å². The molecule has 0 saturated carbocycles. The molecule has 0 aliphatic carbocycles. The first-order valence-corrected chi connectivity index (χ1v) is 6.82. The summed E-state index contributed by atoms with van der Waals surface area (Å²) in [5.41, 5.74) is 2.30. The highest BCUT2D eigenvalue weighted by molar-refractivity contribution is 5.91. The van der Waals surface area contributed by atoms with E-state index in [1.165, 1.54) is 19.3 Å². The van der Waals surface area contributed by atoms with Crippen molar-refractivity contribution in [2.75, 3.05) is 19.6 Å². The van der Waals surface area contributed by atoms with Crippen LogP contribution in [0.3, 0.4) is 0 Å². The smallest absolute Gasteiger partial charge is 0.287 e. The van der Waals surface area contributed by atoms with Crippen LogP contribution in [0.5, 0.6) is 0 Å². The Morgan fingerprint density at radius 1 is 1.47 bits per heavy atom. The number of rotatable bonds is 4. The number of nitrogens with zero attached hydrogens (tertiary/aromatic N) is 4. The first-order chi connectivity index (χ1) is 9.19. The van der Waals surface area contributed by atoms with Gasteiger partial charge in [0.1, 0.15) is 0 Å². The van der Waals surface area contributed by atoms with Crippen LogP contribution in [-0.2, 0) is 6.54 Å². The van der Waals surface area contributed by atoms with Crippen molar-refractivity contribution < 1.29 is 4.79 Å². The van der Waals surface area contributed by atoms with E-state index >= 15 is 0 Å². The van der Waals surface area contributed by atoms with Crippen molar-refractivity contribution in [3.8, 4) is 0 Å². The molecule has 7 heteroatoms. The van der Waals surface area contributed by atoms with Gasteiger partial charge in [0, 0.05) is 6.54 Å². The van der Waals surface area contributed by atoms with Crippen molar-refractivity contribution in [3.63, 3.8) is 0 Å². The highest BCUT2D eigenvalue weighted by Crippen LogP contribution is 2.16. The van der Waals surface area contributed by atoms with Gasteiger partial charge in [-0.15, -0.1) is 5.10 Å². The lowest BCUT2D eigenvalue weighted by Gasteiger charge is -2.19. The number of carbonyl (C=O) groups excluding carboxylic acids is 1. The monoisotopic (exact) mass is 266 g/mol. The largest absolute Gasteiger partial charge is 0.301 e. The summed E-state index contributed by atoms with van der Waals surface area (Å²) in [5, 5.41) is 7.72. The summed E-state index contributed by atoms with van der Waals surface area (Å²) >= 11 is 0. The molecule has 7 nitrogen and oxygen atoms in total. The number of nitrogens with two attached hydrogens (primary N) is 1. The van der Waals surface area contributed by atoms with E-state index in [-0.39, 0.29) is 5.69 Å². The minimum atomic E-state index is -0.408. The predicted molar refractivity (Wildman–Crippen MR) is 71.1 cm³/mol. The lowest BCUT2D eigenvalue weighted by Crippen LogP contribution is -2.30. The summed E-state index contributed by atoms with van der Waals surface area (Å²) in [6, 6.07) is 0. The SMILES string of the molecule is CC1CCCN(CCn2cc(C(=O)NN)nn2)CC1. The van der Waals surface area contributed by atoms with Crippen LogP contribution in [-0.4, -0.2) is 45.4 Å². The number of amides is 1. The summed E-state index contributed by atoms with van der Waals surface area (Å²) in [5.74, 6) is 5.47. The maximum atomic E-state index is 11.3. The number of carbonyl (C=O) groups is 1. The number of nitrogens with one attached hydrogen (secondary N) is 1. The lowest BCUT2D eigenvalue weighted by molar-refractivity contribution is 0.0948. The van der Waals surface area contributed by atoms with Gasteiger partial charge in [-0.05, 0) is 38.3 Å². The third-order valence-corrected chi connectivity index (χ3v) is 3.66. The summed E-state index contributed by atoms with van der Waals surface area (Å²) in [4.78, 5) is 13.7. The fourth-order valence-corrected chi connectivity index (χ4v) is 2.38. The standard InChI is InChI=1S/C12H22N6O/c1-10-3-2-5-17(6-4-10)7-8-18-9-11(15-16-18)12(19)14-13/h9-10H,2-8,13H2,1H3,(H,14,19). The third-order valence-electron chi connectivity index (χ3n) is 3.66. The van der Waals surface area contributed by atoms with E-state index in [0.29, 0.717) is 0 Å². The fraction of sp³-hybridized carbons (Fsp3) is 0.750. The average molecular weight is 266 g/mol. The molecule has 106 valence electrons. The number of hydrogen-bond donors (Lipinski definition) is 2. The molecule has 1 saturated heterocycles. The zero-order chi connectivity index (χ0) is 13.7. The highest BCUT2D eigenvalue weighted by Gasteiger charge is 2.14. The molecular weight excluding hydrogens is 244 g/mol. The molecule has 19 heavy (non-hydrogen) atoms. The summed E-state index contributed by atoms with van der Waals surface area (Å²) in [7, 11) is 0. The van der Waals surface area contributed by atoms with Crippen LogP contribution in [0.2, 0.25) is 0 Å². The first-order valence-electron chi connectivity index (χ1n) is 6.82. The Kier molecular flexibility index (Phi) is 4.86. The Hall–Kier alpha value is -1.47. The quantitative estimate of drug-likeness (QED) is 0.455. The second-order valence-electron chi connectivity index (χ2n) is 5.22. The van der Waals surface area contributed by atoms with E-state index in [1.54, 1.807) is 10.9 Å². The van der Waals surface area contributed by atoms with Crippen molar-refractivity contribution in [2.24, 2.45) is 11.8 Å². The van der Waals surface area contributed by atoms with Gasteiger partial charge >= 0.3 is 0 Å². The second kappa shape index (κ2) is 6.63. The first kappa shape index (κ1) is 14.0. The van der Waals surface area contributed by atoms with E-state index in [4.69, 9.17) is 5.84 Å². The molecule has 1 amide bonds. The van der Waals surface area contributed by atoms with Gasteiger partial charge in [-0.2, -0.15) is 0 Å². The zero-order valence-electron chi connectivity index (χ0n) is 11.4. The minimum absolute atomic E-state index is 0.256. The molecule has 0 spiro atoms. The molecule has 1 aromatic rings. The van der Waals surface area contributed by atoms with Gasteiger partial charge < -0.3 is 4.90 Å². The Morgan fingerprint density at radius 2 is 2.32 bits per heavy atom. The normalized spacial score (nSPS) is 21.1. The van der Waals surface area contributed by atoms with Crippen LogP contribution < -0.4 is 11.3 Å². The second-order valence-corrected chi connectivity index (χ2v) is 5.22. The summed E-state index contributed by atoms with van der Waals surface area (Å²) in [6.45, 7) is 6.30. The number of likely N-dealkylation sites (tertiary alicyclic amines) is 1. The van der Waals surface area contributed by atoms with E-state index in [0.717, 1.165) is 32.1 Å². The van der Waals surface area contributed by atoms with Gasteiger partial charge in [0.05, 0.1) is 12.7 Å². The predicted octanol–water partition coefficient (Wildman–Crippen LogP) is 0.00360. The molecule has 0 bridgehead atoms. The molecular formula is C12H22N6O. The Bertz CT molecular complexity index is 418. The zero-order valence-corrected chi connectivity index (χ0v) is 11.4. The molecule has 1 aromatic heterocycles. The Morgan fingerprint density at radius 3 is 3.11 bits per heavy atom. The van der Waals surface area contributed by atoms with Gasteiger partial charge in [0.25, 0.3) is 5.91 Å². The van der Waals surface area contributed by atoms with Crippen LogP contribution in [0.4, 0.5) is 0 Å². The van der Waals surface area contributed by atoms with Crippen LogP contribution in [0.15, 0.2) is 6.20 Å². The molecule has 1 aliphatic heterocycles. The maximum Gasteiger partial charge on any atom is 0.287 e. The Balaban J connectivity index is 1.81. The molecule has 0 aromatic carbocycles. The summed E-state index contributed by atoms with van der Waals surface area (Å²) in [6.07, 6.45) is 5.47. The molecule has 1 fully saturated rings. The number of nitrogen functional groups attached to an aromatic ring is 1. The molecule has 0 radical (unpaired) electrons. The number of hydrazine groups is 1. The van der Waals surface area contributed by atoms with Gasteiger partial charge in [-0.3, -0.25) is 14.9 Å². The minimum Gasteiger partial charge on any atom is -0.301 e. The lowest BCUT2D eigenvalue weighted by atomic mass is 10.0. The number of hydrogen-bond acceptors (Lipinski definition) is 5. The van der Waals surface area contributed by atoms with E-state index in [9.17, 15) is 4.79 Å². The van der Waals surface area contributed by atoms with Gasteiger partial charge in [0.2, 0.25) is 0 Å². The van der Waals surface area contributed by atoms with E-state index in [1.807, 2.05) is 5.43 Å². The van der Waals surface area contributed by atoms with Crippen LogP contribution in [0, 0.1) is 5.92 Å². The fourth-order valence-electron chi connectivity index (χ4n) is 2.38. The maximum absolute atomic E-state index is 11.3. The van der Waals surface area contributed by atoms with Gasteiger partial charge in [-0.25, -0.2) is 5.84 Å². The molecule has 2 heterocycles.